The summed E-state index contributed by atoms with van der Waals surface area (Å²) in [5, 5.41) is 0. The van der Waals surface area contributed by atoms with Crippen LogP contribution in [0.5, 0.6) is 5.75 Å². The lowest BCUT2D eigenvalue weighted by Crippen LogP contribution is -2.21. The molecule has 4 heteroatoms. The molecule has 3 nitrogen and oxygen atoms in total. The van der Waals surface area contributed by atoms with Crippen molar-refractivity contribution in [1.82, 2.24) is 4.90 Å². The van der Waals surface area contributed by atoms with Crippen molar-refractivity contribution in [3.8, 4) is 5.75 Å². The van der Waals surface area contributed by atoms with Crippen molar-refractivity contribution in [3.05, 3.63) is 28.7 Å². The molecule has 0 unspecified atom stereocenters. The predicted octanol–water partition coefficient (Wildman–Crippen LogP) is 2.70. The van der Waals surface area contributed by atoms with Crippen LogP contribution in [-0.2, 0) is 4.79 Å². The normalized spacial score (nSPS) is 9.94. The van der Waals surface area contributed by atoms with E-state index in [1.165, 1.54) is 0 Å². The number of rotatable bonds is 5. The third-order valence-electron chi connectivity index (χ3n) is 2.12. The molecule has 0 atom stereocenters. The van der Waals surface area contributed by atoms with Crippen molar-refractivity contribution in [2.45, 2.75) is 12.8 Å². The van der Waals surface area contributed by atoms with E-state index in [-0.39, 0.29) is 5.91 Å². The number of nitrogens with zero attached hydrogens (tertiary/aromatic N) is 1. The van der Waals surface area contributed by atoms with E-state index in [1.54, 1.807) is 19.0 Å². The third kappa shape index (κ3) is 4.66. The molecule has 0 saturated heterocycles. The van der Waals surface area contributed by atoms with Crippen LogP contribution in [-0.4, -0.2) is 31.5 Å². The molecule has 0 aliphatic carbocycles. The van der Waals surface area contributed by atoms with Gasteiger partial charge in [-0.2, -0.15) is 0 Å². The fourth-order valence-electron chi connectivity index (χ4n) is 1.17. The maximum Gasteiger partial charge on any atom is 0.222 e. The van der Waals surface area contributed by atoms with Gasteiger partial charge in [-0.05, 0) is 30.7 Å². The molecule has 1 aromatic carbocycles. The zero-order valence-corrected chi connectivity index (χ0v) is 11.2. The van der Waals surface area contributed by atoms with Crippen molar-refractivity contribution >= 4 is 21.8 Å². The van der Waals surface area contributed by atoms with Crippen LogP contribution in [0.15, 0.2) is 28.7 Å². The number of halogens is 1. The smallest absolute Gasteiger partial charge is 0.222 e. The van der Waals surface area contributed by atoms with E-state index in [0.29, 0.717) is 13.0 Å². The summed E-state index contributed by atoms with van der Waals surface area (Å²) in [7, 11) is 3.52. The molecule has 0 aliphatic heterocycles. The third-order valence-corrected chi connectivity index (χ3v) is 2.64. The average Bonchev–Trinajstić information content (AvgIpc) is 2.26. The molecule has 88 valence electrons. The maximum absolute atomic E-state index is 11.3. The Bertz CT molecular complexity index is 335. The molecule has 0 aliphatic rings. The van der Waals surface area contributed by atoms with Gasteiger partial charge in [-0.25, -0.2) is 0 Å². The van der Waals surface area contributed by atoms with Crippen molar-refractivity contribution < 1.29 is 9.53 Å². The van der Waals surface area contributed by atoms with E-state index in [4.69, 9.17) is 4.74 Å². The average molecular weight is 286 g/mol. The van der Waals surface area contributed by atoms with Gasteiger partial charge in [0.2, 0.25) is 5.91 Å². The van der Waals surface area contributed by atoms with E-state index in [2.05, 4.69) is 15.9 Å². The van der Waals surface area contributed by atoms with Crippen LogP contribution >= 0.6 is 15.9 Å². The molecule has 0 spiro atoms. The van der Waals surface area contributed by atoms with E-state index in [9.17, 15) is 4.79 Å². The van der Waals surface area contributed by atoms with Gasteiger partial charge in [-0.3, -0.25) is 4.79 Å². The van der Waals surface area contributed by atoms with Gasteiger partial charge in [0.25, 0.3) is 0 Å². The molecule has 1 amide bonds. The zero-order chi connectivity index (χ0) is 12.0. The van der Waals surface area contributed by atoms with Gasteiger partial charge in [0.1, 0.15) is 5.75 Å². The summed E-state index contributed by atoms with van der Waals surface area (Å²) < 4.78 is 6.53. The lowest BCUT2D eigenvalue weighted by atomic mass is 10.3. The van der Waals surface area contributed by atoms with Crippen molar-refractivity contribution in [2.24, 2.45) is 0 Å². The van der Waals surface area contributed by atoms with Crippen LogP contribution in [0, 0.1) is 0 Å². The second-order valence-electron chi connectivity index (χ2n) is 3.69. The summed E-state index contributed by atoms with van der Waals surface area (Å²) >= 11 is 3.36. The number of hydrogen-bond donors (Lipinski definition) is 0. The Labute approximate surface area is 105 Å². The highest BCUT2D eigenvalue weighted by Crippen LogP contribution is 2.16. The Kier molecular flexibility index (Phi) is 5.32. The molecule has 0 radical (unpaired) electrons. The van der Waals surface area contributed by atoms with Crippen LogP contribution in [0.25, 0.3) is 0 Å². The van der Waals surface area contributed by atoms with Crippen LogP contribution in [0.4, 0.5) is 0 Å². The SMILES string of the molecule is CN(C)C(=O)CCCOc1ccc(Br)cc1. The summed E-state index contributed by atoms with van der Waals surface area (Å²) in [4.78, 5) is 12.9. The van der Waals surface area contributed by atoms with Gasteiger partial charge in [-0.1, -0.05) is 15.9 Å². The number of benzene rings is 1. The van der Waals surface area contributed by atoms with Crippen LogP contribution in [0.2, 0.25) is 0 Å². The monoisotopic (exact) mass is 285 g/mol. The lowest BCUT2D eigenvalue weighted by molar-refractivity contribution is -0.128. The van der Waals surface area contributed by atoms with Crippen LogP contribution in [0.3, 0.4) is 0 Å². The molecule has 1 rings (SSSR count). The highest BCUT2D eigenvalue weighted by atomic mass is 79.9. The Morgan fingerprint density at radius 3 is 2.50 bits per heavy atom. The summed E-state index contributed by atoms with van der Waals surface area (Å²) in [6.45, 7) is 0.571. The van der Waals surface area contributed by atoms with Crippen molar-refractivity contribution in [3.63, 3.8) is 0 Å². The molecule has 0 aromatic heterocycles. The first-order chi connectivity index (χ1) is 7.59. The zero-order valence-electron chi connectivity index (χ0n) is 9.57. The second kappa shape index (κ2) is 6.53. The lowest BCUT2D eigenvalue weighted by Gasteiger charge is -2.10. The van der Waals surface area contributed by atoms with E-state index in [1.807, 2.05) is 24.3 Å². The second-order valence-corrected chi connectivity index (χ2v) is 4.61. The fraction of sp³-hybridized carbons (Fsp3) is 0.417. The van der Waals surface area contributed by atoms with E-state index < -0.39 is 0 Å². The summed E-state index contributed by atoms with van der Waals surface area (Å²) in [6.07, 6.45) is 1.27. The minimum atomic E-state index is 0.138. The summed E-state index contributed by atoms with van der Waals surface area (Å²) in [5.74, 6) is 0.972. The first-order valence-corrected chi connectivity index (χ1v) is 5.97. The van der Waals surface area contributed by atoms with Crippen molar-refractivity contribution in [1.29, 1.82) is 0 Å². The number of hydrogen-bond acceptors (Lipinski definition) is 2. The number of ether oxygens (including phenoxy) is 1. The Hall–Kier alpha value is -1.03. The fourth-order valence-corrected chi connectivity index (χ4v) is 1.43. The van der Waals surface area contributed by atoms with Crippen LogP contribution < -0.4 is 4.74 Å². The summed E-state index contributed by atoms with van der Waals surface area (Å²) in [5.41, 5.74) is 0. The van der Waals surface area contributed by atoms with Gasteiger partial charge in [-0.15, -0.1) is 0 Å². The largest absolute Gasteiger partial charge is 0.494 e. The van der Waals surface area contributed by atoms with Gasteiger partial charge in [0.15, 0.2) is 0 Å². The maximum atomic E-state index is 11.3. The molecule has 16 heavy (non-hydrogen) atoms. The minimum absolute atomic E-state index is 0.138. The topological polar surface area (TPSA) is 29.5 Å². The van der Waals surface area contributed by atoms with Crippen molar-refractivity contribution in [2.75, 3.05) is 20.7 Å². The number of carbonyl (C=O) groups excluding carboxylic acids is 1. The molecule has 0 heterocycles. The van der Waals surface area contributed by atoms with E-state index in [0.717, 1.165) is 16.6 Å². The molecule has 1 aromatic rings. The van der Waals surface area contributed by atoms with Gasteiger partial charge in [0.05, 0.1) is 6.61 Å². The Balaban J connectivity index is 2.21. The Morgan fingerprint density at radius 1 is 1.31 bits per heavy atom. The van der Waals surface area contributed by atoms with Gasteiger partial charge in [0, 0.05) is 25.0 Å². The quantitative estimate of drug-likeness (QED) is 0.779. The highest BCUT2D eigenvalue weighted by molar-refractivity contribution is 9.10. The van der Waals surface area contributed by atoms with Crippen LogP contribution in [0.1, 0.15) is 12.8 Å². The molecular weight excluding hydrogens is 270 g/mol. The number of carbonyl (C=O) groups is 1. The highest BCUT2D eigenvalue weighted by Gasteiger charge is 2.03. The molecule has 0 N–H and O–H groups in total. The minimum Gasteiger partial charge on any atom is -0.494 e. The standard InChI is InChI=1S/C12H16BrNO2/c1-14(2)12(15)4-3-9-16-11-7-5-10(13)6-8-11/h5-8H,3-4,9H2,1-2H3. The first-order valence-electron chi connectivity index (χ1n) is 5.18. The molecular formula is C12H16BrNO2. The summed E-state index contributed by atoms with van der Waals surface area (Å²) in [6, 6.07) is 7.66. The number of amides is 1. The van der Waals surface area contributed by atoms with E-state index >= 15 is 0 Å². The molecule has 0 saturated carbocycles. The first kappa shape index (κ1) is 13.0. The molecule has 0 bridgehead atoms. The van der Waals surface area contributed by atoms with Gasteiger partial charge >= 0.3 is 0 Å². The Morgan fingerprint density at radius 2 is 1.94 bits per heavy atom. The molecule has 0 fully saturated rings. The van der Waals surface area contributed by atoms with Gasteiger partial charge < -0.3 is 9.64 Å². The predicted molar refractivity (Wildman–Crippen MR) is 67.6 cm³/mol.